The Morgan fingerprint density at radius 2 is 1.95 bits per heavy atom. The van der Waals surface area contributed by atoms with Crippen molar-refractivity contribution in [3.05, 3.63) is 42.0 Å². The van der Waals surface area contributed by atoms with Gasteiger partial charge in [0.1, 0.15) is 11.2 Å². The molecule has 1 N–H and O–H groups in total. The summed E-state index contributed by atoms with van der Waals surface area (Å²) in [5.41, 5.74) is -0.334. The van der Waals surface area contributed by atoms with Gasteiger partial charge in [0.15, 0.2) is 0 Å². The van der Waals surface area contributed by atoms with Crippen LogP contribution in [-0.4, -0.2) is 30.0 Å². The fourth-order valence-corrected chi connectivity index (χ4v) is 3.71. The number of hydrogen-bond acceptors (Lipinski definition) is 5. The molecule has 0 radical (unpaired) electrons. The van der Waals surface area contributed by atoms with Crippen molar-refractivity contribution in [2.45, 2.75) is 24.5 Å². The minimum atomic E-state index is -1.02. The molecule has 6 heteroatoms. The zero-order valence-electron chi connectivity index (χ0n) is 11.7. The van der Waals surface area contributed by atoms with Gasteiger partial charge >= 0.3 is 5.97 Å². The van der Waals surface area contributed by atoms with Crippen molar-refractivity contribution < 1.29 is 23.9 Å². The van der Waals surface area contributed by atoms with Crippen LogP contribution in [0, 0.1) is 5.92 Å². The molecule has 4 atom stereocenters. The number of carbonyl (C=O) groups excluding carboxylic acids is 3. The molecule has 0 spiro atoms. The van der Waals surface area contributed by atoms with E-state index in [0.29, 0.717) is 11.3 Å². The third kappa shape index (κ3) is 1.50. The molecule has 0 saturated carbocycles. The van der Waals surface area contributed by atoms with Crippen molar-refractivity contribution in [2.24, 2.45) is 5.92 Å². The van der Waals surface area contributed by atoms with Crippen LogP contribution in [0.2, 0.25) is 0 Å². The SMILES string of the molecule is CC(=O)Oc1ccc(C23C(=O)NC(=O)C2C2C=CC3O2)cc1. The van der Waals surface area contributed by atoms with Crippen LogP contribution >= 0.6 is 0 Å². The molecular weight excluding hydrogens is 286 g/mol. The van der Waals surface area contributed by atoms with E-state index in [1.165, 1.54) is 6.92 Å². The lowest BCUT2D eigenvalue weighted by Gasteiger charge is -2.30. The van der Waals surface area contributed by atoms with Crippen molar-refractivity contribution in [3.8, 4) is 5.75 Å². The van der Waals surface area contributed by atoms with E-state index >= 15 is 0 Å². The van der Waals surface area contributed by atoms with Gasteiger partial charge in [-0.1, -0.05) is 24.3 Å². The summed E-state index contributed by atoms with van der Waals surface area (Å²) in [6.45, 7) is 1.32. The minimum absolute atomic E-state index is 0.300. The Balaban J connectivity index is 1.79. The van der Waals surface area contributed by atoms with E-state index in [1.54, 1.807) is 24.3 Å². The summed E-state index contributed by atoms with van der Waals surface area (Å²) in [4.78, 5) is 35.6. The third-order valence-corrected chi connectivity index (χ3v) is 4.54. The number of ether oxygens (including phenoxy) is 2. The largest absolute Gasteiger partial charge is 0.427 e. The number of hydrogen-bond donors (Lipinski definition) is 1. The van der Waals surface area contributed by atoms with E-state index in [2.05, 4.69) is 5.32 Å². The zero-order chi connectivity index (χ0) is 15.5. The number of benzene rings is 1. The number of esters is 1. The number of nitrogens with one attached hydrogen (secondary N) is 1. The van der Waals surface area contributed by atoms with Crippen molar-refractivity contribution in [1.29, 1.82) is 0 Å². The van der Waals surface area contributed by atoms with Gasteiger partial charge in [-0.15, -0.1) is 0 Å². The van der Waals surface area contributed by atoms with Gasteiger partial charge in [-0.05, 0) is 17.7 Å². The van der Waals surface area contributed by atoms with Gasteiger partial charge in [0.2, 0.25) is 11.8 Å². The topological polar surface area (TPSA) is 81.7 Å². The fourth-order valence-electron chi connectivity index (χ4n) is 3.71. The number of carbonyl (C=O) groups is 3. The second-order valence-corrected chi connectivity index (χ2v) is 5.69. The van der Waals surface area contributed by atoms with Gasteiger partial charge in [0, 0.05) is 6.92 Å². The Labute approximate surface area is 126 Å². The van der Waals surface area contributed by atoms with Crippen LogP contribution in [-0.2, 0) is 24.5 Å². The summed E-state index contributed by atoms with van der Waals surface area (Å²) in [6, 6.07) is 6.66. The molecule has 3 heterocycles. The van der Waals surface area contributed by atoms with E-state index in [-0.39, 0.29) is 17.9 Å². The molecule has 1 aromatic rings. The molecule has 112 valence electrons. The molecule has 2 bridgehead atoms. The first-order valence-electron chi connectivity index (χ1n) is 7.01. The van der Waals surface area contributed by atoms with Crippen molar-refractivity contribution >= 4 is 17.8 Å². The Kier molecular flexibility index (Phi) is 2.56. The quantitative estimate of drug-likeness (QED) is 0.371. The van der Waals surface area contributed by atoms with E-state index in [9.17, 15) is 14.4 Å². The minimum Gasteiger partial charge on any atom is -0.427 e. The third-order valence-electron chi connectivity index (χ3n) is 4.54. The summed E-state index contributed by atoms with van der Waals surface area (Å²) in [5.74, 6) is -1.20. The summed E-state index contributed by atoms with van der Waals surface area (Å²) < 4.78 is 10.8. The molecule has 0 aliphatic carbocycles. The van der Waals surface area contributed by atoms with E-state index < -0.39 is 23.4 Å². The van der Waals surface area contributed by atoms with Crippen molar-refractivity contribution in [1.82, 2.24) is 5.32 Å². The van der Waals surface area contributed by atoms with Gasteiger partial charge in [-0.2, -0.15) is 0 Å². The first-order chi connectivity index (χ1) is 10.5. The molecule has 6 nitrogen and oxygen atoms in total. The maximum absolute atomic E-state index is 12.5. The highest BCUT2D eigenvalue weighted by Crippen LogP contribution is 2.53. The summed E-state index contributed by atoms with van der Waals surface area (Å²) in [7, 11) is 0. The number of fused-ring (bicyclic) bond motifs is 5. The van der Waals surface area contributed by atoms with Gasteiger partial charge < -0.3 is 9.47 Å². The normalized spacial score (nSPS) is 34.7. The standard InChI is InChI=1S/C16H13NO5/c1-8(18)21-10-4-2-9(3-5-10)16-12-7-6-11(22-12)13(16)14(19)17-15(16)20/h2-7,11-13H,1H3,(H,17,19,20). The highest BCUT2D eigenvalue weighted by molar-refractivity contribution is 6.12. The highest BCUT2D eigenvalue weighted by Gasteiger charge is 2.69. The lowest BCUT2D eigenvalue weighted by Crippen LogP contribution is -2.46. The number of rotatable bonds is 2. The average Bonchev–Trinajstić information content (AvgIpc) is 3.12. The van der Waals surface area contributed by atoms with E-state index in [4.69, 9.17) is 9.47 Å². The predicted molar refractivity (Wildman–Crippen MR) is 73.9 cm³/mol. The lowest BCUT2D eigenvalue weighted by atomic mass is 9.66. The van der Waals surface area contributed by atoms with E-state index in [1.807, 2.05) is 12.2 Å². The van der Waals surface area contributed by atoms with Crippen LogP contribution in [0.4, 0.5) is 0 Å². The molecule has 2 amide bonds. The second-order valence-electron chi connectivity index (χ2n) is 5.69. The molecule has 22 heavy (non-hydrogen) atoms. The van der Waals surface area contributed by atoms with Crippen molar-refractivity contribution in [3.63, 3.8) is 0 Å². The van der Waals surface area contributed by atoms with Gasteiger partial charge in [0.05, 0.1) is 18.1 Å². The Morgan fingerprint density at radius 1 is 1.23 bits per heavy atom. The first-order valence-corrected chi connectivity index (χ1v) is 7.01. The van der Waals surface area contributed by atoms with Crippen LogP contribution in [0.5, 0.6) is 5.75 Å². The van der Waals surface area contributed by atoms with Gasteiger partial charge in [-0.3, -0.25) is 19.7 Å². The van der Waals surface area contributed by atoms with Crippen LogP contribution < -0.4 is 10.1 Å². The first kappa shape index (κ1) is 13.2. The maximum atomic E-state index is 12.5. The monoisotopic (exact) mass is 299 g/mol. The number of imide groups is 1. The summed E-state index contributed by atoms with van der Waals surface area (Å²) in [5, 5.41) is 2.42. The van der Waals surface area contributed by atoms with Gasteiger partial charge in [0.25, 0.3) is 0 Å². The average molecular weight is 299 g/mol. The smallest absolute Gasteiger partial charge is 0.308 e. The van der Waals surface area contributed by atoms with Crippen molar-refractivity contribution in [2.75, 3.05) is 0 Å². The van der Waals surface area contributed by atoms with Crippen LogP contribution in [0.25, 0.3) is 0 Å². The summed E-state index contributed by atoms with van der Waals surface area (Å²) >= 11 is 0. The van der Waals surface area contributed by atoms with Crippen LogP contribution in [0.1, 0.15) is 12.5 Å². The lowest BCUT2D eigenvalue weighted by molar-refractivity contribution is -0.132. The molecule has 3 aliphatic rings. The molecule has 4 rings (SSSR count). The second kappa shape index (κ2) is 4.27. The molecule has 4 unspecified atom stereocenters. The molecule has 0 aromatic heterocycles. The summed E-state index contributed by atoms with van der Waals surface area (Å²) in [6.07, 6.45) is 2.84. The number of amides is 2. The molecular formula is C16H13NO5. The molecule has 3 aliphatic heterocycles. The zero-order valence-corrected chi connectivity index (χ0v) is 11.7. The molecule has 1 aromatic carbocycles. The Morgan fingerprint density at radius 3 is 2.64 bits per heavy atom. The van der Waals surface area contributed by atoms with E-state index in [0.717, 1.165) is 0 Å². The maximum Gasteiger partial charge on any atom is 0.308 e. The molecule has 2 fully saturated rings. The van der Waals surface area contributed by atoms with Crippen LogP contribution in [0.3, 0.4) is 0 Å². The highest BCUT2D eigenvalue weighted by atomic mass is 16.5. The Bertz CT molecular complexity index is 723. The Hall–Kier alpha value is -2.47. The predicted octanol–water partition coefficient (Wildman–Crippen LogP) is 0.459. The van der Waals surface area contributed by atoms with Crippen LogP contribution in [0.15, 0.2) is 36.4 Å². The fraction of sp³-hybridized carbons (Fsp3) is 0.312. The van der Waals surface area contributed by atoms with Gasteiger partial charge in [-0.25, -0.2) is 0 Å². The molecule has 2 saturated heterocycles.